The number of rotatable bonds is 5. The van der Waals surface area contributed by atoms with Gasteiger partial charge in [0.05, 0.1) is 24.7 Å². The van der Waals surface area contributed by atoms with E-state index in [1.165, 1.54) is 4.90 Å². The highest BCUT2D eigenvalue weighted by Crippen LogP contribution is 2.31. The monoisotopic (exact) mass is 375 g/mol. The summed E-state index contributed by atoms with van der Waals surface area (Å²) in [5.41, 5.74) is 5.58. The van der Waals surface area contributed by atoms with E-state index in [0.29, 0.717) is 5.69 Å². The Morgan fingerprint density at radius 1 is 1.45 bits per heavy atom. The van der Waals surface area contributed by atoms with Crippen molar-refractivity contribution in [1.29, 1.82) is 0 Å². The third-order valence-electron chi connectivity index (χ3n) is 3.46. The minimum Gasteiger partial charge on any atom is -0.350 e. The first-order valence-corrected chi connectivity index (χ1v) is 7.54. The average Bonchev–Trinajstić information content (AvgIpc) is 2.87. The first-order valence-electron chi connectivity index (χ1n) is 6.74. The Balaban J connectivity index is 2.00. The fraction of sp³-hybridized carbons (Fsp3) is 0.429. The van der Waals surface area contributed by atoms with Gasteiger partial charge in [-0.25, -0.2) is 8.78 Å². The van der Waals surface area contributed by atoms with E-state index < -0.39 is 30.8 Å². The first-order chi connectivity index (χ1) is 10.3. The lowest BCUT2D eigenvalue weighted by atomic mass is 10.1. The van der Waals surface area contributed by atoms with Crippen LogP contribution in [0.2, 0.25) is 0 Å². The van der Waals surface area contributed by atoms with Crippen LogP contribution in [-0.2, 0) is 9.59 Å². The number of para-hydroxylation sites is 1. The van der Waals surface area contributed by atoms with Crippen LogP contribution in [0.1, 0.15) is 6.42 Å². The number of carbonyl (C=O) groups is 2. The van der Waals surface area contributed by atoms with Gasteiger partial charge in [-0.05, 0) is 28.1 Å². The molecule has 2 amide bonds. The smallest absolute Gasteiger partial charge is 0.277 e. The molecule has 1 aromatic rings. The molecule has 22 heavy (non-hydrogen) atoms. The molecule has 1 aromatic carbocycles. The normalized spacial score (nSPS) is 18.6. The fourth-order valence-electron chi connectivity index (χ4n) is 2.22. The predicted molar refractivity (Wildman–Crippen MR) is 81.6 cm³/mol. The van der Waals surface area contributed by atoms with Crippen molar-refractivity contribution in [3.05, 3.63) is 28.7 Å². The molecule has 0 aromatic heterocycles. The van der Waals surface area contributed by atoms with Crippen molar-refractivity contribution in [3.8, 4) is 0 Å². The minimum absolute atomic E-state index is 0.00135. The van der Waals surface area contributed by atoms with Crippen molar-refractivity contribution in [2.45, 2.75) is 12.3 Å². The van der Waals surface area contributed by atoms with Gasteiger partial charge in [-0.1, -0.05) is 12.1 Å². The van der Waals surface area contributed by atoms with Crippen molar-refractivity contribution in [2.75, 3.05) is 24.5 Å². The van der Waals surface area contributed by atoms with Crippen molar-refractivity contribution in [3.63, 3.8) is 0 Å². The highest BCUT2D eigenvalue weighted by Gasteiger charge is 2.37. The molecule has 0 spiro atoms. The Morgan fingerprint density at radius 2 is 2.14 bits per heavy atom. The van der Waals surface area contributed by atoms with Gasteiger partial charge in [0.15, 0.2) is 0 Å². The number of carbonyl (C=O) groups excluding carboxylic acids is 2. The van der Waals surface area contributed by atoms with Crippen LogP contribution in [0.3, 0.4) is 0 Å². The molecular weight excluding hydrogens is 360 g/mol. The van der Waals surface area contributed by atoms with Crippen LogP contribution in [0.4, 0.5) is 14.5 Å². The predicted octanol–water partition coefficient (Wildman–Crippen LogP) is 1.51. The number of alkyl halides is 2. The van der Waals surface area contributed by atoms with Crippen LogP contribution < -0.4 is 16.0 Å². The van der Waals surface area contributed by atoms with Gasteiger partial charge in [-0.15, -0.1) is 0 Å². The minimum atomic E-state index is -3.14. The average molecular weight is 376 g/mol. The Hall–Kier alpha value is -1.54. The second-order valence-corrected chi connectivity index (χ2v) is 5.99. The lowest BCUT2D eigenvalue weighted by molar-refractivity contribution is -0.127. The lowest BCUT2D eigenvalue weighted by Crippen LogP contribution is -2.44. The lowest BCUT2D eigenvalue weighted by Gasteiger charge is -2.19. The molecule has 1 aliphatic heterocycles. The molecule has 5 nitrogen and oxygen atoms in total. The molecule has 0 radical (unpaired) electrons. The molecule has 1 fully saturated rings. The highest BCUT2D eigenvalue weighted by molar-refractivity contribution is 9.10. The summed E-state index contributed by atoms with van der Waals surface area (Å²) in [6.07, 6.45) is 0.00135. The van der Waals surface area contributed by atoms with E-state index in [0.717, 1.165) is 4.47 Å². The van der Waals surface area contributed by atoms with Crippen molar-refractivity contribution >= 4 is 33.4 Å². The number of halogens is 3. The number of nitrogens with two attached hydrogens (primary N) is 1. The van der Waals surface area contributed by atoms with Gasteiger partial charge in [0.25, 0.3) is 5.92 Å². The third-order valence-corrected chi connectivity index (χ3v) is 4.13. The maximum Gasteiger partial charge on any atom is 0.277 e. The van der Waals surface area contributed by atoms with Gasteiger partial charge < -0.3 is 16.0 Å². The topological polar surface area (TPSA) is 75.4 Å². The summed E-state index contributed by atoms with van der Waals surface area (Å²) >= 11 is 3.35. The van der Waals surface area contributed by atoms with Crippen LogP contribution in [0.5, 0.6) is 0 Å². The van der Waals surface area contributed by atoms with Crippen LogP contribution in [0.25, 0.3) is 0 Å². The number of nitrogens with one attached hydrogen (secondary N) is 1. The summed E-state index contributed by atoms with van der Waals surface area (Å²) in [5, 5.41) is 2.16. The molecular formula is C14H16BrF2N3O2. The number of hydrogen-bond donors (Lipinski definition) is 2. The molecule has 3 N–H and O–H groups in total. The molecule has 1 saturated heterocycles. The number of nitrogens with zero attached hydrogens (tertiary/aromatic N) is 1. The first kappa shape index (κ1) is 16.8. The molecule has 1 heterocycles. The van der Waals surface area contributed by atoms with E-state index in [4.69, 9.17) is 5.73 Å². The zero-order chi connectivity index (χ0) is 16.3. The summed E-state index contributed by atoms with van der Waals surface area (Å²) in [6.45, 7) is -1.48. The molecule has 0 aliphatic carbocycles. The maximum absolute atomic E-state index is 13.0. The van der Waals surface area contributed by atoms with Crippen LogP contribution in [0, 0.1) is 5.92 Å². The van der Waals surface area contributed by atoms with E-state index in [1.807, 2.05) is 6.07 Å². The van der Waals surface area contributed by atoms with Gasteiger partial charge in [0.2, 0.25) is 11.8 Å². The van der Waals surface area contributed by atoms with E-state index in [9.17, 15) is 18.4 Å². The zero-order valence-electron chi connectivity index (χ0n) is 11.7. The molecule has 1 atom stereocenters. The Bertz CT molecular complexity index is 583. The molecule has 120 valence electrons. The molecule has 2 rings (SSSR count). The van der Waals surface area contributed by atoms with Gasteiger partial charge >= 0.3 is 0 Å². The van der Waals surface area contributed by atoms with Crippen LogP contribution in [0.15, 0.2) is 28.7 Å². The quantitative estimate of drug-likeness (QED) is 0.818. The standard InChI is InChI=1S/C14H16BrF2N3O2/c15-10-3-1-2-4-11(10)20-6-9(5-12(20)21)13(22)19-8-14(16,17)7-18/h1-4,9H,5-8,18H2,(H,19,22). The van der Waals surface area contributed by atoms with Crippen molar-refractivity contribution in [2.24, 2.45) is 11.7 Å². The van der Waals surface area contributed by atoms with E-state index in [2.05, 4.69) is 21.2 Å². The largest absolute Gasteiger partial charge is 0.350 e. The highest BCUT2D eigenvalue weighted by atomic mass is 79.9. The Kier molecular flexibility index (Phi) is 5.12. The van der Waals surface area contributed by atoms with Gasteiger partial charge in [0, 0.05) is 17.4 Å². The second kappa shape index (κ2) is 6.70. The second-order valence-electron chi connectivity index (χ2n) is 5.13. The zero-order valence-corrected chi connectivity index (χ0v) is 13.3. The summed E-state index contributed by atoms with van der Waals surface area (Å²) in [4.78, 5) is 25.5. The SMILES string of the molecule is NCC(F)(F)CNC(=O)C1CC(=O)N(c2ccccc2Br)C1. The number of benzene rings is 1. The van der Waals surface area contributed by atoms with Gasteiger partial charge in [-0.3, -0.25) is 9.59 Å². The summed E-state index contributed by atoms with van der Waals surface area (Å²) in [7, 11) is 0. The number of amides is 2. The van der Waals surface area contributed by atoms with Gasteiger partial charge in [0.1, 0.15) is 0 Å². The molecule has 0 saturated carbocycles. The van der Waals surface area contributed by atoms with Crippen molar-refractivity contribution < 1.29 is 18.4 Å². The number of hydrogen-bond acceptors (Lipinski definition) is 3. The molecule has 1 aliphatic rings. The summed E-state index contributed by atoms with van der Waals surface area (Å²) in [6, 6.07) is 7.14. The van der Waals surface area contributed by atoms with Crippen LogP contribution in [-0.4, -0.2) is 37.4 Å². The molecule has 1 unspecified atom stereocenters. The molecule has 0 bridgehead atoms. The number of anilines is 1. The van der Waals surface area contributed by atoms with E-state index >= 15 is 0 Å². The molecule has 8 heteroatoms. The van der Waals surface area contributed by atoms with E-state index in [1.54, 1.807) is 18.2 Å². The maximum atomic E-state index is 13.0. The fourth-order valence-corrected chi connectivity index (χ4v) is 2.72. The summed E-state index contributed by atoms with van der Waals surface area (Å²) < 4.78 is 26.8. The van der Waals surface area contributed by atoms with Gasteiger partial charge in [-0.2, -0.15) is 0 Å². The Morgan fingerprint density at radius 3 is 2.77 bits per heavy atom. The van der Waals surface area contributed by atoms with Crippen LogP contribution >= 0.6 is 15.9 Å². The summed E-state index contributed by atoms with van der Waals surface area (Å²) in [5.74, 6) is -4.55. The third kappa shape index (κ3) is 3.80. The van der Waals surface area contributed by atoms with E-state index in [-0.39, 0.29) is 18.9 Å². The Labute approximate surface area is 135 Å². The van der Waals surface area contributed by atoms with Crippen molar-refractivity contribution in [1.82, 2.24) is 5.32 Å².